The third kappa shape index (κ3) is 2.45. The van der Waals surface area contributed by atoms with Gasteiger partial charge >= 0.3 is 0 Å². The summed E-state index contributed by atoms with van der Waals surface area (Å²) in [5, 5.41) is 12.2. The van der Waals surface area contributed by atoms with Crippen molar-refractivity contribution in [1.29, 1.82) is 0 Å². The molecule has 0 saturated carbocycles. The van der Waals surface area contributed by atoms with Crippen LogP contribution in [0.1, 0.15) is 0 Å². The average Bonchev–Trinajstić information content (AvgIpc) is 2.53. The first-order chi connectivity index (χ1) is 10.6. The van der Waals surface area contributed by atoms with E-state index in [1.54, 1.807) is 18.2 Å². The van der Waals surface area contributed by atoms with E-state index < -0.39 is 4.92 Å². The van der Waals surface area contributed by atoms with Crippen molar-refractivity contribution in [3.05, 3.63) is 63.7 Å². The van der Waals surface area contributed by atoms with Gasteiger partial charge in [0.1, 0.15) is 5.82 Å². The van der Waals surface area contributed by atoms with E-state index in [0.29, 0.717) is 21.7 Å². The predicted molar refractivity (Wildman–Crippen MR) is 86.7 cm³/mol. The van der Waals surface area contributed by atoms with Crippen molar-refractivity contribution in [3.63, 3.8) is 0 Å². The number of nitrogens with two attached hydrogens (primary N) is 1. The minimum atomic E-state index is -0.440. The molecular formula is C15H11ClN4O2. The second-order valence-electron chi connectivity index (χ2n) is 4.64. The Kier molecular flexibility index (Phi) is 3.62. The van der Waals surface area contributed by atoms with Crippen molar-refractivity contribution in [2.45, 2.75) is 0 Å². The number of hydrogen-bond donors (Lipinski definition) is 2. The summed E-state index contributed by atoms with van der Waals surface area (Å²) in [5.74, 6) is 5.91. The quantitative estimate of drug-likeness (QED) is 0.436. The number of halogens is 1. The number of hydrazine groups is 1. The Labute approximate surface area is 130 Å². The Morgan fingerprint density at radius 2 is 1.91 bits per heavy atom. The number of aromatic nitrogens is 1. The van der Waals surface area contributed by atoms with E-state index in [4.69, 9.17) is 17.4 Å². The number of pyridine rings is 1. The summed E-state index contributed by atoms with van der Waals surface area (Å²) < 4.78 is 0. The molecule has 0 atom stereocenters. The predicted octanol–water partition coefficient (Wildman–Crippen LogP) is 3.75. The van der Waals surface area contributed by atoms with Crippen LogP contribution in [0.4, 0.5) is 11.5 Å². The van der Waals surface area contributed by atoms with Gasteiger partial charge in [0.05, 0.1) is 10.4 Å². The highest BCUT2D eigenvalue weighted by Crippen LogP contribution is 2.35. The number of nitrogens with zero attached hydrogens (tertiary/aromatic N) is 2. The number of nitrogen functional groups attached to an aromatic ring is 1. The molecule has 0 aliphatic carbocycles. The lowest BCUT2D eigenvalue weighted by molar-refractivity contribution is -0.384. The number of non-ortho nitro benzene ring substituents is 1. The number of rotatable bonds is 3. The van der Waals surface area contributed by atoms with Gasteiger partial charge in [0.25, 0.3) is 5.69 Å². The van der Waals surface area contributed by atoms with Crippen LogP contribution < -0.4 is 11.3 Å². The average molecular weight is 315 g/mol. The number of anilines is 1. The topological polar surface area (TPSA) is 94.1 Å². The smallest absolute Gasteiger partial charge is 0.270 e. The maximum absolute atomic E-state index is 11.0. The molecule has 1 heterocycles. The zero-order chi connectivity index (χ0) is 15.7. The number of nitro benzene ring substituents is 1. The molecule has 110 valence electrons. The molecule has 0 saturated heterocycles. The van der Waals surface area contributed by atoms with Gasteiger partial charge in [-0.15, -0.1) is 0 Å². The van der Waals surface area contributed by atoms with Gasteiger partial charge in [-0.1, -0.05) is 29.8 Å². The lowest BCUT2D eigenvalue weighted by Gasteiger charge is -2.11. The van der Waals surface area contributed by atoms with Crippen LogP contribution in [0.25, 0.3) is 22.0 Å². The summed E-state index contributed by atoms with van der Waals surface area (Å²) >= 11 is 6.25. The van der Waals surface area contributed by atoms with Gasteiger partial charge < -0.3 is 5.43 Å². The van der Waals surface area contributed by atoms with Gasteiger partial charge in [-0.2, -0.15) is 0 Å². The fourth-order valence-corrected chi connectivity index (χ4v) is 2.54. The van der Waals surface area contributed by atoms with Gasteiger partial charge in [0.2, 0.25) is 0 Å². The third-order valence-electron chi connectivity index (χ3n) is 3.31. The van der Waals surface area contributed by atoms with Crippen LogP contribution in [-0.2, 0) is 0 Å². The van der Waals surface area contributed by atoms with Crippen LogP contribution in [0.2, 0.25) is 5.02 Å². The van der Waals surface area contributed by atoms with Gasteiger partial charge in [0.15, 0.2) is 0 Å². The molecular weight excluding hydrogens is 304 g/mol. The van der Waals surface area contributed by atoms with Crippen molar-refractivity contribution in [2.24, 2.45) is 5.84 Å². The van der Waals surface area contributed by atoms with Crippen LogP contribution in [-0.4, -0.2) is 9.91 Å². The van der Waals surface area contributed by atoms with Crippen molar-refractivity contribution < 1.29 is 4.92 Å². The number of benzene rings is 2. The van der Waals surface area contributed by atoms with E-state index >= 15 is 0 Å². The normalized spacial score (nSPS) is 10.6. The molecule has 0 unspecified atom stereocenters. The second-order valence-corrected chi connectivity index (χ2v) is 5.05. The summed E-state index contributed by atoms with van der Waals surface area (Å²) in [5.41, 5.74) is 4.57. The molecule has 0 aliphatic heterocycles. The van der Waals surface area contributed by atoms with Crippen LogP contribution in [0.5, 0.6) is 0 Å². The minimum Gasteiger partial charge on any atom is -0.308 e. The molecule has 6 nitrogen and oxygen atoms in total. The van der Waals surface area contributed by atoms with Gasteiger partial charge in [-0.3, -0.25) is 10.1 Å². The summed E-state index contributed by atoms with van der Waals surface area (Å²) in [6, 6.07) is 13.5. The number of nitrogens with one attached hydrogen (secondary N) is 1. The highest BCUT2D eigenvalue weighted by atomic mass is 35.5. The lowest BCUT2D eigenvalue weighted by atomic mass is 10.0. The summed E-state index contributed by atoms with van der Waals surface area (Å²) in [6.45, 7) is 0. The Morgan fingerprint density at radius 1 is 1.14 bits per heavy atom. The van der Waals surface area contributed by atoms with Crippen molar-refractivity contribution in [1.82, 2.24) is 4.98 Å². The first-order valence-corrected chi connectivity index (χ1v) is 6.78. The van der Waals surface area contributed by atoms with Crippen molar-refractivity contribution >= 4 is 34.0 Å². The summed E-state index contributed by atoms with van der Waals surface area (Å²) in [7, 11) is 0. The van der Waals surface area contributed by atoms with E-state index in [-0.39, 0.29) is 5.69 Å². The van der Waals surface area contributed by atoms with E-state index in [2.05, 4.69) is 10.4 Å². The standard InChI is InChI=1S/C15H11ClN4O2/c16-13-4-2-1-3-10(13)11-8-15(19-17)18-14-6-5-9(20(21)22)7-12(11)14/h1-8H,17H2,(H,18,19). The minimum absolute atomic E-state index is 0.00365. The number of hydrogen-bond acceptors (Lipinski definition) is 5. The fourth-order valence-electron chi connectivity index (χ4n) is 2.30. The van der Waals surface area contributed by atoms with Crippen LogP contribution in [0.15, 0.2) is 48.5 Å². The molecule has 3 aromatic rings. The Morgan fingerprint density at radius 3 is 2.59 bits per heavy atom. The van der Waals surface area contributed by atoms with Gasteiger partial charge in [-0.25, -0.2) is 10.8 Å². The Balaban J connectivity index is 2.37. The van der Waals surface area contributed by atoms with E-state index in [9.17, 15) is 10.1 Å². The first-order valence-electron chi connectivity index (χ1n) is 6.41. The number of nitro groups is 1. The molecule has 3 N–H and O–H groups in total. The zero-order valence-corrected chi connectivity index (χ0v) is 12.0. The molecule has 1 aromatic heterocycles. The van der Waals surface area contributed by atoms with Gasteiger partial charge in [-0.05, 0) is 23.8 Å². The highest BCUT2D eigenvalue weighted by Gasteiger charge is 2.14. The number of fused-ring (bicyclic) bond motifs is 1. The second kappa shape index (κ2) is 5.59. The van der Waals surface area contributed by atoms with Crippen LogP contribution >= 0.6 is 11.6 Å². The molecule has 0 aliphatic rings. The van der Waals surface area contributed by atoms with E-state index in [0.717, 1.165) is 11.1 Å². The van der Waals surface area contributed by atoms with Crippen LogP contribution in [0, 0.1) is 10.1 Å². The van der Waals surface area contributed by atoms with Crippen molar-refractivity contribution in [3.8, 4) is 11.1 Å². The Bertz CT molecular complexity index is 883. The summed E-state index contributed by atoms with van der Waals surface area (Å²) in [4.78, 5) is 14.9. The molecule has 0 bridgehead atoms. The van der Waals surface area contributed by atoms with Gasteiger partial charge in [0, 0.05) is 28.1 Å². The highest BCUT2D eigenvalue weighted by molar-refractivity contribution is 6.33. The monoisotopic (exact) mass is 314 g/mol. The SMILES string of the molecule is NNc1cc(-c2ccccc2Cl)c2cc([N+](=O)[O-])ccc2n1. The van der Waals surface area contributed by atoms with E-state index in [1.807, 2.05) is 18.2 Å². The Hall–Kier alpha value is -2.70. The zero-order valence-electron chi connectivity index (χ0n) is 11.3. The molecule has 22 heavy (non-hydrogen) atoms. The first kappa shape index (κ1) is 14.2. The van der Waals surface area contributed by atoms with Crippen molar-refractivity contribution in [2.75, 3.05) is 5.43 Å². The largest absolute Gasteiger partial charge is 0.308 e. The molecule has 0 radical (unpaired) electrons. The molecule has 0 spiro atoms. The lowest BCUT2D eigenvalue weighted by Crippen LogP contribution is -2.08. The maximum Gasteiger partial charge on any atom is 0.270 e. The molecule has 0 fully saturated rings. The summed E-state index contributed by atoms with van der Waals surface area (Å²) in [6.07, 6.45) is 0. The molecule has 2 aromatic carbocycles. The van der Waals surface area contributed by atoms with Crippen LogP contribution in [0.3, 0.4) is 0 Å². The third-order valence-corrected chi connectivity index (χ3v) is 3.64. The fraction of sp³-hybridized carbons (Fsp3) is 0. The molecule has 0 amide bonds. The maximum atomic E-state index is 11.0. The molecule has 7 heteroatoms. The van der Waals surface area contributed by atoms with E-state index in [1.165, 1.54) is 12.1 Å². The molecule has 3 rings (SSSR count).